The van der Waals surface area contributed by atoms with E-state index in [9.17, 15) is 9.90 Å². The quantitative estimate of drug-likeness (QED) is 0.678. The fraction of sp³-hybridized carbons (Fsp3) is 0.435. The lowest BCUT2D eigenvalue weighted by atomic mass is 9.85. The number of benzene rings is 2. The van der Waals surface area contributed by atoms with Crippen LogP contribution < -0.4 is 0 Å². The van der Waals surface area contributed by atoms with Gasteiger partial charge >= 0.3 is 5.97 Å². The third-order valence-electron chi connectivity index (χ3n) is 5.02. The number of phenols is 1. The van der Waals surface area contributed by atoms with Gasteiger partial charge in [-0.3, -0.25) is 4.90 Å². The lowest BCUT2D eigenvalue weighted by Crippen LogP contribution is -2.38. The fourth-order valence-electron chi connectivity index (χ4n) is 3.71. The number of nitrogens with zero attached hydrogens (tertiary/aromatic N) is 1. The fourth-order valence-corrected chi connectivity index (χ4v) is 3.71. The summed E-state index contributed by atoms with van der Waals surface area (Å²) in [5, 5.41) is 10.1. The Balaban J connectivity index is 2.46. The van der Waals surface area contributed by atoms with E-state index in [1.807, 2.05) is 18.2 Å². The number of ether oxygens (including phenoxy) is 1. The van der Waals surface area contributed by atoms with Crippen LogP contribution in [0.3, 0.4) is 0 Å². The van der Waals surface area contributed by atoms with Crippen molar-refractivity contribution < 1.29 is 14.6 Å². The summed E-state index contributed by atoms with van der Waals surface area (Å²) in [6.07, 6.45) is 0.841. The predicted octanol–water partition coefficient (Wildman–Crippen LogP) is 4.82. The standard InChI is InChI=1S/C23H31NO3/c1-16(2)24(17(3)4)14-13-20(18-9-7-6-8-10-18)22-15-19(25)11-12-21(22)23(26)27-5/h6-12,15-17,20,25H,13-14H2,1-5H3/t20-/m1/s1. The summed E-state index contributed by atoms with van der Waals surface area (Å²) in [5.74, 6) is -0.230. The molecule has 0 bridgehead atoms. The van der Waals surface area contributed by atoms with Crippen LogP contribution in [-0.2, 0) is 4.74 Å². The van der Waals surface area contributed by atoms with Gasteiger partial charge in [0.25, 0.3) is 0 Å². The van der Waals surface area contributed by atoms with Crippen molar-refractivity contribution in [2.75, 3.05) is 13.7 Å². The second-order valence-corrected chi connectivity index (χ2v) is 7.44. The number of rotatable bonds is 8. The molecule has 1 N–H and O–H groups in total. The molecule has 0 spiro atoms. The maximum atomic E-state index is 12.3. The Hall–Kier alpha value is -2.33. The van der Waals surface area contributed by atoms with E-state index < -0.39 is 0 Å². The molecule has 2 aromatic carbocycles. The number of methoxy groups -OCH3 is 1. The topological polar surface area (TPSA) is 49.8 Å². The second-order valence-electron chi connectivity index (χ2n) is 7.44. The average Bonchev–Trinajstić information content (AvgIpc) is 2.64. The monoisotopic (exact) mass is 369 g/mol. The summed E-state index contributed by atoms with van der Waals surface area (Å²) in [5.41, 5.74) is 2.44. The van der Waals surface area contributed by atoms with Gasteiger partial charge in [-0.1, -0.05) is 30.3 Å². The van der Waals surface area contributed by atoms with Crippen molar-refractivity contribution in [3.8, 4) is 5.75 Å². The van der Waals surface area contributed by atoms with E-state index in [0.717, 1.165) is 24.1 Å². The maximum Gasteiger partial charge on any atom is 0.338 e. The minimum Gasteiger partial charge on any atom is -0.508 e. The third-order valence-corrected chi connectivity index (χ3v) is 5.02. The van der Waals surface area contributed by atoms with Gasteiger partial charge in [0.15, 0.2) is 0 Å². The van der Waals surface area contributed by atoms with Crippen molar-refractivity contribution in [2.24, 2.45) is 0 Å². The first-order valence-electron chi connectivity index (χ1n) is 9.57. The molecule has 2 rings (SSSR count). The molecule has 0 aliphatic carbocycles. The predicted molar refractivity (Wildman–Crippen MR) is 109 cm³/mol. The van der Waals surface area contributed by atoms with E-state index in [0.29, 0.717) is 17.6 Å². The molecular weight excluding hydrogens is 338 g/mol. The molecule has 0 saturated carbocycles. The number of aromatic hydroxyl groups is 1. The van der Waals surface area contributed by atoms with E-state index in [1.165, 1.54) is 13.2 Å². The molecule has 0 unspecified atom stereocenters. The molecule has 0 heterocycles. The summed E-state index contributed by atoms with van der Waals surface area (Å²) < 4.78 is 4.97. The van der Waals surface area contributed by atoms with Gasteiger partial charge in [0.05, 0.1) is 12.7 Å². The van der Waals surface area contributed by atoms with Gasteiger partial charge in [0.1, 0.15) is 5.75 Å². The molecule has 0 saturated heterocycles. The Morgan fingerprint density at radius 1 is 1.04 bits per heavy atom. The van der Waals surface area contributed by atoms with Crippen molar-refractivity contribution in [3.05, 3.63) is 65.2 Å². The summed E-state index contributed by atoms with van der Waals surface area (Å²) in [7, 11) is 1.38. The molecule has 4 nitrogen and oxygen atoms in total. The van der Waals surface area contributed by atoms with Gasteiger partial charge in [0.2, 0.25) is 0 Å². The van der Waals surface area contributed by atoms with Crippen molar-refractivity contribution in [2.45, 2.75) is 52.1 Å². The molecule has 0 radical (unpaired) electrons. The van der Waals surface area contributed by atoms with E-state index in [4.69, 9.17) is 4.74 Å². The van der Waals surface area contributed by atoms with Gasteiger partial charge in [-0.15, -0.1) is 0 Å². The van der Waals surface area contributed by atoms with Crippen LogP contribution >= 0.6 is 0 Å². The highest BCUT2D eigenvalue weighted by Crippen LogP contribution is 2.33. The van der Waals surface area contributed by atoms with Gasteiger partial charge in [-0.2, -0.15) is 0 Å². The zero-order chi connectivity index (χ0) is 20.0. The van der Waals surface area contributed by atoms with E-state index in [1.54, 1.807) is 12.1 Å². The number of carbonyl (C=O) groups excluding carboxylic acids is 1. The number of hydrogen-bond donors (Lipinski definition) is 1. The first-order chi connectivity index (χ1) is 12.8. The van der Waals surface area contributed by atoms with Crippen molar-refractivity contribution in [3.63, 3.8) is 0 Å². The van der Waals surface area contributed by atoms with Crippen LogP contribution in [0.15, 0.2) is 48.5 Å². The molecule has 0 amide bonds. The third kappa shape index (κ3) is 5.33. The summed E-state index contributed by atoms with van der Waals surface area (Å²) in [6.45, 7) is 9.69. The molecule has 27 heavy (non-hydrogen) atoms. The minimum absolute atomic E-state index is 0.00704. The number of carbonyl (C=O) groups is 1. The highest BCUT2D eigenvalue weighted by atomic mass is 16.5. The van der Waals surface area contributed by atoms with Gasteiger partial charge < -0.3 is 9.84 Å². The zero-order valence-electron chi connectivity index (χ0n) is 17.0. The number of hydrogen-bond acceptors (Lipinski definition) is 4. The van der Waals surface area contributed by atoms with E-state index in [2.05, 4.69) is 44.7 Å². The first-order valence-corrected chi connectivity index (χ1v) is 9.57. The molecule has 2 aromatic rings. The van der Waals surface area contributed by atoms with E-state index in [-0.39, 0.29) is 17.6 Å². The Kier molecular flexibility index (Phi) is 7.43. The molecule has 146 valence electrons. The zero-order valence-corrected chi connectivity index (χ0v) is 17.0. The van der Waals surface area contributed by atoms with Crippen LogP contribution in [0.1, 0.15) is 61.5 Å². The molecular formula is C23H31NO3. The van der Waals surface area contributed by atoms with Crippen molar-refractivity contribution in [1.82, 2.24) is 4.90 Å². The Morgan fingerprint density at radius 3 is 2.22 bits per heavy atom. The number of phenolic OH excluding ortho intramolecular Hbond substituents is 1. The van der Waals surface area contributed by atoms with Crippen molar-refractivity contribution >= 4 is 5.97 Å². The largest absolute Gasteiger partial charge is 0.508 e. The Morgan fingerprint density at radius 2 is 1.67 bits per heavy atom. The molecule has 0 aliphatic heterocycles. The average molecular weight is 370 g/mol. The lowest BCUT2D eigenvalue weighted by molar-refractivity contribution is 0.0599. The highest BCUT2D eigenvalue weighted by molar-refractivity contribution is 5.91. The molecule has 0 aliphatic rings. The number of esters is 1. The normalized spacial score (nSPS) is 12.6. The summed E-state index contributed by atoms with van der Waals surface area (Å²) in [4.78, 5) is 14.8. The summed E-state index contributed by atoms with van der Waals surface area (Å²) in [6, 6.07) is 15.9. The molecule has 1 atom stereocenters. The SMILES string of the molecule is COC(=O)c1ccc(O)cc1[C@H](CCN(C(C)C)C(C)C)c1ccccc1. The van der Waals surface area contributed by atoms with Gasteiger partial charge in [-0.25, -0.2) is 4.79 Å². The van der Waals surface area contributed by atoms with Crippen LogP contribution in [0.2, 0.25) is 0 Å². The first kappa shape index (κ1) is 21.0. The van der Waals surface area contributed by atoms with Crippen molar-refractivity contribution in [1.29, 1.82) is 0 Å². The Labute approximate surface area is 162 Å². The Bertz CT molecular complexity index is 733. The van der Waals surface area contributed by atoms with E-state index >= 15 is 0 Å². The second kappa shape index (κ2) is 9.56. The van der Waals surface area contributed by atoms with Crippen LogP contribution in [-0.4, -0.2) is 41.7 Å². The maximum absolute atomic E-state index is 12.3. The van der Waals surface area contributed by atoms with Gasteiger partial charge in [-0.05, 0) is 70.0 Å². The molecule has 0 fully saturated rings. The van der Waals surface area contributed by atoms with Crippen LogP contribution in [0.4, 0.5) is 0 Å². The molecule has 4 heteroatoms. The smallest absolute Gasteiger partial charge is 0.338 e. The van der Waals surface area contributed by atoms with Gasteiger partial charge in [0, 0.05) is 18.0 Å². The highest BCUT2D eigenvalue weighted by Gasteiger charge is 2.24. The minimum atomic E-state index is -0.379. The van der Waals surface area contributed by atoms with Crippen LogP contribution in [0.25, 0.3) is 0 Å². The lowest BCUT2D eigenvalue weighted by Gasteiger charge is -2.32. The molecule has 0 aromatic heterocycles. The summed E-state index contributed by atoms with van der Waals surface area (Å²) >= 11 is 0. The van der Waals surface area contributed by atoms with Crippen LogP contribution in [0, 0.1) is 0 Å². The van der Waals surface area contributed by atoms with Crippen LogP contribution in [0.5, 0.6) is 5.75 Å².